The Balaban J connectivity index is 2.22. The molecule has 0 spiro atoms. The van der Waals surface area contributed by atoms with E-state index in [1.807, 2.05) is 13.8 Å². The number of aliphatic hydroxyl groups excluding tert-OH is 1. The van der Waals surface area contributed by atoms with Gasteiger partial charge >= 0.3 is 0 Å². The zero-order chi connectivity index (χ0) is 19.3. The van der Waals surface area contributed by atoms with Gasteiger partial charge in [0.05, 0.1) is 18.6 Å². The van der Waals surface area contributed by atoms with Gasteiger partial charge in [0.1, 0.15) is 5.82 Å². The average molecular weight is 358 g/mol. The van der Waals surface area contributed by atoms with Gasteiger partial charge < -0.3 is 9.84 Å². The van der Waals surface area contributed by atoms with Crippen molar-refractivity contribution in [2.24, 2.45) is 11.8 Å². The molecule has 0 radical (unpaired) electrons. The lowest BCUT2D eigenvalue weighted by Crippen LogP contribution is -2.48. The number of ether oxygens (including phenoxy) is 1. The number of allylic oxidation sites excluding steroid dienone is 1. The summed E-state index contributed by atoms with van der Waals surface area (Å²) in [4.78, 5) is 22.3. The molecule has 0 bridgehead atoms. The smallest absolute Gasteiger partial charge is 0.220 e. The van der Waals surface area contributed by atoms with Crippen LogP contribution in [0.15, 0.2) is 11.8 Å². The third kappa shape index (κ3) is 2.81. The number of ketones is 1. The lowest BCUT2D eigenvalue weighted by Gasteiger charge is -2.48. The second-order valence-corrected chi connectivity index (χ2v) is 8.91. The van der Waals surface area contributed by atoms with Crippen LogP contribution in [0.25, 0.3) is 0 Å². The van der Waals surface area contributed by atoms with E-state index in [0.29, 0.717) is 24.5 Å². The average Bonchev–Trinajstić information content (AvgIpc) is 2.57. The highest BCUT2D eigenvalue weighted by Crippen LogP contribution is 2.53. The molecule has 1 N–H and O–H groups in total. The first-order valence-electron chi connectivity index (χ1n) is 9.55. The van der Waals surface area contributed by atoms with Crippen molar-refractivity contribution in [1.29, 1.82) is 0 Å². The molecule has 2 aliphatic rings. The lowest BCUT2D eigenvalue weighted by atomic mass is 9.55. The number of rotatable bonds is 2. The molecule has 0 saturated heterocycles. The van der Waals surface area contributed by atoms with Gasteiger partial charge in [-0.1, -0.05) is 34.6 Å². The zero-order valence-electron chi connectivity index (χ0n) is 16.7. The maximum atomic E-state index is 12.6. The molecule has 3 rings (SSSR count). The van der Waals surface area contributed by atoms with E-state index in [0.717, 1.165) is 36.2 Å². The van der Waals surface area contributed by atoms with Crippen molar-refractivity contribution in [2.75, 3.05) is 6.61 Å². The van der Waals surface area contributed by atoms with Crippen LogP contribution in [0.4, 0.5) is 0 Å². The maximum absolute atomic E-state index is 12.6. The topological polar surface area (TPSA) is 72.3 Å². The number of Topliss-reactive ketones (excluding diaryl/α,β-unsaturated/α-hetero) is 1. The SMILES string of the molecule is CCOc1nc(C(C)(C)C)nc2c1CC[C@H]1[C@H](C)C(=O)/C(=C\O)C[C@]21C. The van der Waals surface area contributed by atoms with Crippen LogP contribution in [0, 0.1) is 11.8 Å². The van der Waals surface area contributed by atoms with E-state index in [1.54, 1.807) is 0 Å². The Labute approximate surface area is 155 Å². The first-order valence-corrected chi connectivity index (χ1v) is 9.55. The van der Waals surface area contributed by atoms with Crippen molar-refractivity contribution < 1.29 is 14.6 Å². The Morgan fingerprint density at radius 1 is 1.35 bits per heavy atom. The molecule has 5 heteroatoms. The molecule has 3 atom stereocenters. The molecular weight excluding hydrogens is 328 g/mol. The highest BCUT2D eigenvalue weighted by Gasteiger charge is 2.52. The number of aromatic nitrogens is 2. The molecule has 1 aromatic rings. The predicted octanol–water partition coefficient (Wildman–Crippen LogP) is 4.04. The van der Waals surface area contributed by atoms with E-state index >= 15 is 0 Å². The van der Waals surface area contributed by atoms with Crippen molar-refractivity contribution in [2.45, 2.75) is 71.6 Å². The Morgan fingerprint density at radius 2 is 2.04 bits per heavy atom. The first-order chi connectivity index (χ1) is 12.1. The Bertz CT molecular complexity index is 763. The van der Waals surface area contributed by atoms with Gasteiger partial charge in [-0.15, -0.1) is 0 Å². The molecule has 0 aromatic carbocycles. The fraction of sp³-hybridized carbons (Fsp3) is 0.667. The summed E-state index contributed by atoms with van der Waals surface area (Å²) >= 11 is 0. The Kier molecular flexibility index (Phi) is 4.62. The van der Waals surface area contributed by atoms with Crippen molar-refractivity contribution in [3.8, 4) is 5.88 Å². The predicted molar refractivity (Wildman–Crippen MR) is 101 cm³/mol. The fourth-order valence-corrected chi connectivity index (χ4v) is 4.63. The van der Waals surface area contributed by atoms with E-state index < -0.39 is 0 Å². The van der Waals surface area contributed by atoms with Crippen molar-refractivity contribution in [3.05, 3.63) is 28.9 Å². The van der Waals surface area contributed by atoms with Crippen LogP contribution in [0.2, 0.25) is 0 Å². The van der Waals surface area contributed by atoms with E-state index in [9.17, 15) is 9.90 Å². The van der Waals surface area contributed by atoms with Crippen molar-refractivity contribution in [3.63, 3.8) is 0 Å². The third-order valence-electron chi connectivity index (χ3n) is 6.03. The largest absolute Gasteiger partial charge is 0.515 e. The first kappa shape index (κ1) is 18.9. The van der Waals surface area contributed by atoms with E-state index in [2.05, 4.69) is 27.7 Å². The molecule has 1 fully saturated rings. The minimum Gasteiger partial charge on any atom is -0.515 e. The van der Waals surface area contributed by atoms with Gasteiger partial charge in [-0.05, 0) is 32.1 Å². The monoisotopic (exact) mass is 358 g/mol. The van der Waals surface area contributed by atoms with Gasteiger partial charge in [0.15, 0.2) is 5.78 Å². The van der Waals surface area contributed by atoms with E-state index in [-0.39, 0.29) is 28.4 Å². The quantitative estimate of drug-likeness (QED) is 0.638. The highest BCUT2D eigenvalue weighted by molar-refractivity contribution is 5.98. The van der Waals surface area contributed by atoms with Crippen molar-refractivity contribution >= 4 is 5.78 Å². The molecule has 1 heterocycles. The summed E-state index contributed by atoms with van der Waals surface area (Å²) in [5.74, 6) is 1.60. The van der Waals surface area contributed by atoms with Crippen LogP contribution in [-0.2, 0) is 22.0 Å². The van der Waals surface area contributed by atoms with Crippen LogP contribution in [-0.4, -0.2) is 27.5 Å². The summed E-state index contributed by atoms with van der Waals surface area (Å²) in [5.41, 5.74) is 2.06. The van der Waals surface area contributed by atoms with Gasteiger partial charge in [0.25, 0.3) is 0 Å². The fourth-order valence-electron chi connectivity index (χ4n) is 4.63. The minimum atomic E-state index is -0.301. The molecule has 1 aromatic heterocycles. The second-order valence-electron chi connectivity index (χ2n) is 8.91. The maximum Gasteiger partial charge on any atom is 0.220 e. The number of hydrogen-bond acceptors (Lipinski definition) is 5. The van der Waals surface area contributed by atoms with E-state index in [4.69, 9.17) is 14.7 Å². The summed E-state index contributed by atoms with van der Waals surface area (Å²) in [5, 5.41) is 9.61. The standard InChI is InChI=1S/C21H30N2O3/c1-7-26-18-14-8-9-15-12(2)16(25)13(11-24)10-21(15,6)17(14)22-19(23-18)20(3,4)5/h11-12,15,24H,7-10H2,1-6H3/b13-11-/t12-,15-,21-/m0/s1. The number of carbonyl (C=O) groups is 1. The van der Waals surface area contributed by atoms with Gasteiger partial charge in [-0.25, -0.2) is 4.98 Å². The van der Waals surface area contributed by atoms with Crippen LogP contribution in [0.3, 0.4) is 0 Å². The van der Waals surface area contributed by atoms with Crippen LogP contribution in [0.5, 0.6) is 5.88 Å². The Morgan fingerprint density at radius 3 is 2.62 bits per heavy atom. The van der Waals surface area contributed by atoms with Gasteiger partial charge in [0.2, 0.25) is 5.88 Å². The number of hydrogen-bond donors (Lipinski definition) is 1. The molecule has 2 aliphatic carbocycles. The summed E-state index contributed by atoms with van der Waals surface area (Å²) in [7, 11) is 0. The number of aliphatic hydroxyl groups is 1. The molecule has 1 saturated carbocycles. The highest BCUT2D eigenvalue weighted by atomic mass is 16.5. The minimum absolute atomic E-state index is 0.0635. The normalized spacial score (nSPS) is 30.1. The molecule has 26 heavy (non-hydrogen) atoms. The molecule has 5 nitrogen and oxygen atoms in total. The summed E-state index contributed by atoms with van der Waals surface area (Å²) in [6.07, 6.45) is 3.24. The third-order valence-corrected chi connectivity index (χ3v) is 6.03. The Hall–Kier alpha value is -1.91. The molecular formula is C21H30N2O3. The van der Waals surface area contributed by atoms with Crippen LogP contribution < -0.4 is 4.74 Å². The summed E-state index contributed by atoms with van der Waals surface area (Å²) < 4.78 is 5.88. The lowest BCUT2D eigenvalue weighted by molar-refractivity contribution is -0.124. The van der Waals surface area contributed by atoms with Gasteiger partial charge in [0, 0.05) is 27.9 Å². The zero-order valence-corrected chi connectivity index (χ0v) is 16.7. The van der Waals surface area contributed by atoms with Gasteiger partial charge in [-0.3, -0.25) is 4.79 Å². The van der Waals surface area contributed by atoms with Crippen LogP contribution >= 0.6 is 0 Å². The number of fused-ring (bicyclic) bond motifs is 3. The molecule has 0 aliphatic heterocycles. The molecule has 142 valence electrons. The van der Waals surface area contributed by atoms with Gasteiger partial charge in [-0.2, -0.15) is 4.98 Å². The number of carbonyl (C=O) groups excluding carboxylic acids is 1. The second kappa shape index (κ2) is 6.36. The van der Waals surface area contributed by atoms with Crippen LogP contribution in [0.1, 0.15) is 71.5 Å². The van der Waals surface area contributed by atoms with E-state index in [1.165, 1.54) is 0 Å². The number of nitrogens with zero attached hydrogens (tertiary/aromatic N) is 2. The summed E-state index contributed by atoms with van der Waals surface area (Å²) in [6, 6.07) is 0. The van der Waals surface area contributed by atoms with Crippen molar-refractivity contribution in [1.82, 2.24) is 9.97 Å². The molecule has 0 amide bonds. The molecule has 0 unspecified atom stereocenters. The summed E-state index contributed by atoms with van der Waals surface area (Å²) in [6.45, 7) is 13.0.